The highest BCUT2D eigenvalue weighted by Gasteiger charge is 2.21. The minimum atomic E-state index is -0.512. The molecule has 3 heterocycles. The summed E-state index contributed by atoms with van der Waals surface area (Å²) in [4.78, 5) is 13.2. The van der Waals surface area contributed by atoms with E-state index in [1.165, 1.54) is 12.4 Å². The van der Waals surface area contributed by atoms with E-state index in [0.717, 1.165) is 19.5 Å². The van der Waals surface area contributed by atoms with E-state index in [2.05, 4.69) is 25.6 Å². The predicted molar refractivity (Wildman–Crippen MR) is 109 cm³/mol. The van der Waals surface area contributed by atoms with Crippen molar-refractivity contribution in [3.63, 3.8) is 0 Å². The number of rotatable bonds is 7. The van der Waals surface area contributed by atoms with Crippen LogP contribution in [0.15, 0.2) is 36.7 Å². The molecule has 1 unspecified atom stereocenters. The van der Waals surface area contributed by atoms with Gasteiger partial charge in [-0.3, -0.25) is 0 Å². The molecule has 152 valence electrons. The normalized spacial score (nSPS) is 17.4. The van der Waals surface area contributed by atoms with Gasteiger partial charge in [0, 0.05) is 25.3 Å². The highest BCUT2D eigenvalue weighted by molar-refractivity contribution is 6.30. The van der Waals surface area contributed by atoms with Crippen molar-refractivity contribution in [2.75, 3.05) is 32.1 Å². The Hall–Kier alpha value is -2.55. The molecule has 1 fully saturated rings. The maximum absolute atomic E-state index is 14.6. The van der Waals surface area contributed by atoms with Crippen molar-refractivity contribution in [1.82, 2.24) is 20.3 Å². The average molecular weight is 418 g/mol. The van der Waals surface area contributed by atoms with Gasteiger partial charge in [-0.25, -0.2) is 19.3 Å². The second kappa shape index (κ2) is 8.86. The fraction of sp³-hybridized carbons (Fsp3) is 0.350. The number of hydrogen-bond donors (Lipinski definition) is 2. The predicted octanol–water partition coefficient (Wildman–Crippen LogP) is 3.36. The van der Waals surface area contributed by atoms with Crippen LogP contribution in [0.2, 0.25) is 5.02 Å². The molecule has 2 aromatic heterocycles. The number of pyridine rings is 1. The standard InChI is InChI=1S/C20H21ClFN5O2/c1-28-10-16(13-3-2-4-14(21)18(13)22)26-20-19-15(24-11-25-20)5-6-17(27-19)29-12-7-8-23-9-12/h2-6,11-12,16,23H,7-10H2,1H3,(H,24,25,26)/t12-,16?/m0/s1. The summed E-state index contributed by atoms with van der Waals surface area (Å²) in [6.45, 7) is 1.94. The number of anilines is 1. The molecule has 0 bridgehead atoms. The first-order chi connectivity index (χ1) is 14.2. The summed E-state index contributed by atoms with van der Waals surface area (Å²) in [6.07, 6.45) is 2.45. The van der Waals surface area contributed by atoms with Crippen LogP contribution in [-0.2, 0) is 4.74 Å². The van der Waals surface area contributed by atoms with E-state index in [4.69, 9.17) is 21.1 Å². The van der Waals surface area contributed by atoms with E-state index < -0.39 is 11.9 Å². The van der Waals surface area contributed by atoms with Crippen LogP contribution in [0.5, 0.6) is 5.88 Å². The fourth-order valence-electron chi connectivity index (χ4n) is 3.32. The van der Waals surface area contributed by atoms with Crippen molar-refractivity contribution in [1.29, 1.82) is 0 Å². The van der Waals surface area contributed by atoms with Gasteiger partial charge in [-0.1, -0.05) is 23.7 Å². The minimum absolute atomic E-state index is 0.0527. The third-order valence-electron chi connectivity index (χ3n) is 4.76. The number of nitrogens with one attached hydrogen (secondary N) is 2. The minimum Gasteiger partial charge on any atom is -0.473 e. The van der Waals surface area contributed by atoms with Gasteiger partial charge in [0.2, 0.25) is 5.88 Å². The number of nitrogens with zero attached hydrogens (tertiary/aromatic N) is 3. The van der Waals surface area contributed by atoms with E-state index in [1.807, 2.05) is 6.07 Å². The summed E-state index contributed by atoms with van der Waals surface area (Å²) in [6, 6.07) is 7.98. The Morgan fingerprint density at radius 1 is 1.31 bits per heavy atom. The second-order valence-corrected chi connectivity index (χ2v) is 7.17. The molecule has 3 aromatic rings. The molecule has 7 nitrogen and oxygen atoms in total. The average Bonchev–Trinajstić information content (AvgIpc) is 3.23. The van der Waals surface area contributed by atoms with Crippen LogP contribution in [0.25, 0.3) is 11.0 Å². The lowest BCUT2D eigenvalue weighted by Gasteiger charge is -2.20. The first-order valence-electron chi connectivity index (χ1n) is 9.34. The summed E-state index contributed by atoms with van der Waals surface area (Å²) in [5.74, 6) is 0.473. The lowest BCUT2D eigenvalue weighted by Crippen LogP contribution is -2.20. The van der Waals surface area contributed by atoms with E-state index in [-0.39, 0.29) is 17.7 Å². The molecule has 1 aromatic carbocycles. The van der Waals surface area contributed by atoms with E-state index >= 15 is 0 Å². The van der Waals surface area contributed by atoms with Gasteiger partial charge in [0.25, 0.3) is 0 Å². The van der Waals surface area contributed by atoms with Crippen molar-refractivity contribution >= 4 is 28.5 Å². The SMILES string of the molecule is COCC(Nc1ncnc2ccc(O[C@H]3CCNC3)nc12)c1cccc(Cl)c1F. The number of aromatic nitrogens is 3. The van der Waals surface area contributed by atoms with E-state index in [1.54, 1.807) is 25.3 Å². The zero-order valence-electron chi connectivity index (χ0n) is 15.9. The molecule has 0 saturated carbocycles. The third kappa shape index (κ3) is 4.39. The summed E-state index contributed by atoms with van der Waals surface area (Å²) in [5.41, 5.74) is 1.58. The molecule has 4 rings (SSSR count). The molecule has 1 saturated heterocycles. The van der Waals surface area contributed by atoms with Gasteiger partial charge >= 0.3 is 0 Å². The number of benzene rings is 1. The number of fused-ring (bicyclic) bond motifs is 1. The molecule has 0 spiro atoms. The molecule has 0 aliphatic carbocycles. The molecule has 1 aliphatic rings. The zero-order valence-corrected chi connectivity index (χ0v) is 16.6. The van der Waals surface area contributed by atoms with Crippen molar-refractivity contribution < 1.29 is 13.9 Å². The Morgan fingerprint density at radius 2 is 2.21 bits per heavy atom. The van der Waals surface area contributed by atoms with Gasteiger partial charge in [-0.2, -0.15) is 0 Å². The van der Waals surface area contributed by atoms with E-state index in [0.29, 0.717) is 28.3 Å². The second-order valence-electron chi connectivity index (χ2n) is 6.77. The first-order valence-corrected chi connectivity index (χ1v) is 9.72. The molecular weight excluding hydrogens is 397 g/mol. The summed E-state index contributed by atoms with van der Waals surface area (Å²) in [5, 5.41) is 6.53. The lowest BCUT2D eigenvalue weighted by molar-refractivity contribution is 0.185. The molecule has 1 aliphatic heterocycles. The highest BCUT2D eigenvalue weighted by atomic mass is 35.5. The fourth-order valence-corrected chi connectivity index (χ4v) is 3.51. The largest absolute Gasteiger partial charge is 0.473 e. The topological polar surface area (TPSA) is 81.2 Å². The van der Waals surface area contributed by atoms with Crippen LogP contribution < -0.4 is 15.4 Å². The van der Waals surface area contributed by atoms with Crippen molar-refractivity contribution in [2.45, 2.75) is 18.6 Å². The van der Waals surface area contributed by atoms with Gasteiger partial charge in [-0.05, 0) is 25.1 Å². The van der Waals surface area contributed by atoms with Gasteiger partial charge in [-0.15, -0.1) is 0 Å². The van der Waals surface area contributed by atoms with Gasteiger partial charge in [0.05, 0.1) is 23.2 Å². The molecular formula is C20H21ClFN5O2. The zero-order chi connectivity index (χ0) is 20.2. The molecule has 0 amide bonds. The maximum Gasteiger partial charge on any atom is 0.214 e. The number of halogens is 2. The van der Waals surface area contributed by atoms with Crippen LogP contribution in [0, 0.1) is 5.82 Å². The molecule has 9 heteroatoms. The number of hydrogen-bond acceptors (Lipinski definition) is 7. The van der Waals surface area contributed by atoms with Crippen molar-refractivity contribution in [3.05, 3.63) is 53.1 Å². The Morgan fingerprint density at radius 3 is 3.00 bits per heavy atom. The molecule has 2 N–H and O–H groups in total. The van der Waals surface area contributed by atoms with Crippen LogP contribution in [0.3, 0.4) is 0 Å². The summed E-state index contributed by atoms with van der Waals surface area (Å²) >= 11 is 5.95. The smallest absolute Gasteiger partial charge is 0.214 e. The van der Waals surface area contributed by atoms with E-state index in [9.17, 15) is 4.39 Å². The van der Waals surface area contributed by atoms with Crippen molar-refractivity contribution in [2.24, 2.45) is 0 Å². The molecule has 2 atom stereocenters. The highest BCUT2D eigenvalue weighted by Crippen LogP contribution is 2.29. The summed E-state index contributed by atoms with van der Waals surface area (Å²) < 4.78 is 25.8. The third-order valence-corrected chi connectivity index (χ3v) is 5.05. The van der Waals surface area contributed by atoms with Crippen LogP contribution in [0.1, 0.15) is 18.0 Å². The van der Waals surface area contributed by atoms with Gasteiger partial charge in [0.15, 0.2) is 5.82 Å². The Bertz CT molecular complexity index is 1000. The van der Waals surface area contributed by atoms with Gasteiger partial charge in [0.1, 0.15) is 23.8 Å². The summed E-state index contributed by atoms with van der Waals surface area (Å²) in [7, 11) is 1.55. The van der Waals surface area contributed by atoms with Crippen LogP contribution >= 0.6 is 11.6 Å². The Balaban J connectivity index is 1.66. The lowest BCUT2D eigenvalue weighted by atomic mass is 10.1. The number of methoxy groups -OCH3 is 1. The first kappa shape index (κ1) is 19.8. The monoisotopic (exact) mass is 417 g/mol. The van der Waals surface area contributed by atoms with Crippen LogP contribution in [-0.4, -0.2) is 47.9 Å². The Labute approximate surface area is 172 Å². The maximum atomic E-state index is 14.6. The van der Waals surface area contributed by atoms with Crippen molar-refractivity contribution in [3.8, 4) is 5.88 Å². The Kier molecular flexibility index (Phi) is 6.03. The molecule has 29 heavy (non-hydrogen) atoms. The molecule has 0 radical (unpaired) electrons. The van der Waals surface area contributed by atoms with Crippen LogP contribution in [0.4, 0.5) is 10.2 Å². The number of ether oxygens (including phenoxy) is 2. The van der Waals surface area contributed by atoms with Gasteiger partial charge < -0.3 is 20.1 Å². The quantitative estimate of drug-likeness (QED) is 0.610.